The van der Waals surface area contributed by atoms with E-state index in [1.165, 1.54) is 38.6 Å². The van der Waals surface area contributed by atoms with Crippen LogP contribution in [0.25, 0.3) is 78.1 Å². The van der Waals surface area contributed by atoms with Gasteiger partial charge < -0.3 is 0 Å². The summed E-state index contributed by atoms with van der Waals surface area (Å²) in [5.74, 6) is 0.684. The smallest absolute Gasteiger partial charge is 0.160 e. The second-order valence-electron chi connectivity index (χ2n) is 13.3. The standard InChI is InChI=1S/C46H33N3/c1-46(2)41-27-34(21-22-39(41)40-23-20-31-13-6-7-19-38(31)44(40)46)33-15-8-16-35(25-33)42-28-43(37-18-10-24-47-29-37)49-45(48-42)36-17-9-14-32(26-36)30-11-4-3-5-12-30/h3-29H,1-2H3. The van der Waals surface area contributed by atoms with Gasteiger partial charge in [-0.15, -0.1) is 0 Å². The summed E-state index contributed by atoms with van der Waals surface area (Å²) in [5.41, 5.74) is 14.7. The summed E-state index contributed by atoms with van der Waals surface area (Å²) in [7, 11) is 0. The molecule has 0 fully saturated rings. The SMILES string of the molecule is CC1(C)c2cc(-c3cccc(-c4cc(-c5cccnc5)nc(-c5cccc(-c6ccccc6)c5)n4)c3)ccc2-c2ccc3ccccc3c21. The lowest BCUT2D eigenvalue weighted by Gasteiger charge is -2.23. The van der Waals surface area contributed by atoms with Crippen molar-refractivity contribution in [3.8, 4) is 67.3 Å². The van der Waals surface area contributed by atoms with Gasteiger partial charge in [-0.25, -0.2) is 9.97 Å². The van der Waals surface area contributed by atoms with Crippen LogP contribution in [0.15, 0.2) is 164 Å². The highest BCUT2D eigenvalue weighted by Gasteiger charge is 2.37. The maximum absolute atomic E-state index is 5.17. The van der Waals surface area contributed by atoms with Gasteiger partial charge in [-0.3, -0.25) is 4.98 Å². The van der Waals surface area contributed by atoms with Crippen LogP contribution in [0.3, 0.4) is 0 Å². The second-order valence-corrected chi connectivity index (χ2v) is 13.3. The van der Waals surface area contributed by atoms with Gasteiger partial charge in [0, 0.05) is 34.5 Å². The van der Waals surface area contributed by atoms with E-state index in [4.69, 9.17) is 9.97 Å². The van der Waals surface area contributed by atoms with Crippen LogP contribution in [0.5, 0.6) is 0 Å². The van der Waals surface area contributed by atoms with Gasteiger partial charge >= 0.3 is 0 Å². The lowest BCUT2D eigenvalue weighted by atomic mass is 9.79. The van der Waals surface area contributed by atoms with E-state index < -0.39 is 0 Å². The minimum absolute atomic E-state index is 0.117. The Balaban J connectivity index is 1.14. The van der Waals surface area contributed by atoms with Crippen molar-refractivity contribution in [3.63, 3.8) is 0 Å². The van der Waals surface area contributed by atoms with E-state index in [0.717, 1.165) is 44.8 Å². The molecule has 0 unspecified atom stereocenters. The van der Waals surface area contributed by atoms with Crippen LogP contribution >= 0.6 is 0 Å². The van der Waals surface area contributed by atoms with Gasteiger partial charge in [-0.1, -0.05) is 129 Å². The molecule has 2 heterocycles. The first kappa shape index (κ1) is 29.0. The van der Waals surface area contributed by atoms with Crippen LogP contribution in [-0.4, -0.2) is 15.0 Å². The van der Waals surface area contributed by atoms with Crippen LogP contribution in [-0.2, 0) is 5.41 Å². The van der Waals surface area contributed by atoms with Crippen molar-refractivity contribution >= 4 is 10.8 Å². The van der Waals surface area contributed by atoms with Gasteiger partial charge in [0.2, 0.25) is 0 Å². The number of benzene rings is 6. The third kappa shape index (κ3) is 5.03. The monoisotopic (exact) mass is 627 g/mol. The quantitative estimate of drug-likeness (QED) is 0.191. The molecule has 49 heavy (non-hydrogen) atoms. The van der Waals surface area contributed by atoms with Crippen molar-refractivity contribution in [2.24, 2.45) is 0 Å². The largest absolute Gasteiger partial charge is 0.264 e. The third-order valence-electron chi connectivity index (χ3n) is 9.94. The Labute approximate surface area is 286 Å². The Kier molecular flexibility index (Phi) is 6.80. The topological polar surface area (TPSA) is 38.7 Å². The first-order chi connectivity index (χ1) is 24.0. The summed E-state index contributed by atoms with van der Waals surface area (Å²) in [4.78, 5) is 14.6. The van der Waals surface area contributed by atoms with Crippen LogP contribution in [0, 0.1) is 0 Å². The van der Waals surface area contributed by atoms with E-state index in [2.05, 4.69) is 152 Å². The summed E-state index contributed by atoms with van der Waals surface area (Å²) >= 11 is 0. The Morgan fingerprint density at radius 3 is 1.90 bits per heavy atom. The molecule has 1 aliphatic carbocycles. The van der Waals surface area contributed by atoms with E-state index in [1.807, 2.05) is 24.4 Å². The fraction of sp³-hybridized carbons (Fsp3) is 0.0652. The molecule has 232 valence electrons. The minimum Gasteiger partial charge on any atom is -0.264 e. The molecule has 0 saturated heterocycles. The van der Waals surface area contributed by atoms with Crippen molar-refractivity contribution in [2.75, 3.05) is 0 Å². The predicted molar refractivity (Wildman–Crippen MR) is 202 cm³/mol. The predicted octanol–water partition coefficient (Wildman–Crippen LogP) is 11.7. The second kappa shape index (κ2) is 11.5. The molecule has 0 bridgehead atoms. The Bertz CT molecular complexity index is 2520. The lowest BCUT2D eigenvalue weighted by molar-refractivity contribution is 0.666. The number of pyridine rings is 1. The van der Waals surface area contributed by atoms with Crippen LogP contribution < -0.4 is 0 Å². The van der Waals surface area contributed by atoms with Crippen molar-refractivity contribution in [2.45, 2.75) is 19.3 Å². The highest BCUT2D eigenvalue weighted by atomic mass is 14.9. The first-order valence-electron chi connectivity index (χ1n) is 16.8. The molecule has 0 amide bonds. The molecule has 0 atom stereocenters. The zero-order valence-electron chi connectivity index (χ0n) is 27.4. The zero-order chi connectivity index (χ0) is 33.0. The Hall–Kier alpha value is -6.19. The lowest BCUT2D eigenvalue weighted by Crippen LogP contribution is -2.15. The fourth-order valence-corrected chi connectivity index (χ4v) is 7.49. The molecule has 0 aliphatic heterocycles. The van der Waals surface area contributed by atoms with Gasteiger partial charge in [-0.2, -0.15) is 0 Å². The average molecular weight is 628 g/mol. The van der Waals surface area contributed by atoms with Crippen molar-refractivity contribution < 1.29 is 0 Å². The molecule has 6 aromatic carbocycles. The molecule has 3 nitrogen and oxygen atoms in total. The molecule has 8 aromatic rings. The molecule has 3 heteroatoms. The van der Waals surface area contributed by atoms with Gasteiger partial charge in [-0.05, 0) is 91.7 Å². The first-order valence-corrected chi connectivity index (χ1v) is 16.8. The molecule has 2 aromatic heterocycles. The molecule has 0 saturated carbocycles. The maximum atomic E-state index is 5.17. The number of nitrogens with zero attached hydrogens (tertiary/aromatic N) is 3. The Morgan fingerprint density at radius 2 is 1.08 bits per heavy atom. The molecule has 9 rings (SSSR count). The van der Waals surface area contributed by atoms with Gasteiger partial charge in [0.25, 0.3) is 0 Å². The van der Waals surface area contributed by atoms with E-state index in [1.54, 1.807) is 6.20 Å². The van der Waals surface area contributed by atoms with Crippen LogP contribution in [0.4, 0.5) is 0 Å². The molecule has 1 aliphatic rings. The number of hydrogen-bond donors (Lipinski definition) is 0. The normalized spacial score (nSPS) is 12.9. The summed E-state index contributed by atoms with van der Waals surface area (Å²) in [5, 5.41) is 2.62. The summed E-state index contributed by atoms with van der Waals surface area (Å²) in [6.45, 7) is 4.72. The summed E-state index contributed by atoms with van der Waals surface area (Å²) in [6, 6.07) is 54.0. The Morgan fingerprint density at radius 1 is 0.449 bits per heavy atom. The molecular formula is C46H33N3. The van der Waals surface area contributed by atoms with Crippen molar-refractivity contribution in [1.82, 2.24) is 15.0 Å². The van der Waals surface area contributed by atoms with E-state index in [9.17, 15) is 0 Å². The molecule has 0 N–H and O–H groups in total. The molecule has 0 radical (unpaired) electrons. The van der Waals surface area contributed by atoms with Crippen molar-refractivity contribution in [1.29, 1.82) is 0 Å². The van der Waals surface area contributed by atoms with E-state index in [0.29, 0.717) is 5.82 Å². The van der Waals surface area contributed by atoms with Gasteiger partial charge in [0.1, 0.15) is 0 Å². The number of fused-ring (bicyclic) bond motifs is 5. The number of hydrogen-bond acceptors (Lipinski definition) is 3. The summed E-state index contributed by atoms with van der Waals surface area (Å²) < 4.78 is 0. The highest BCUT2D eigenvalue weighted by Crippen LogP contribution is 2.52. The maximum Gasteiger partial charge on any atom is 0.160 e. The van der Waals surface area contributed by atoms with Crippen LogP contribution in [0.1, 0.15) is 25.0 Å². The van der Waals surface area contributed by atoms with Gasteiger partial charge in [0.15, 0.2) is 5.82 Å². The van der Waals surface area contributed by atoms with Crippen molar-refractivity contribution in [3.05, 3.63) is 175 Å². The average Bonchev–Trinajstić information content (AvgIpc) is 3.41. The molecular weight excluding hydrogens is 595 g/mol. The summed E-state index contributed by atoms with van der Waals surface area (Å²) in [6.07, 6.45) is 3.65. The highest BCUT2D eigenvalue weighted by molar-refractivity contribution is 5.98. The third-order valence-corrected chi connectivity index (χ3v) is 9.94. The number of rotatable bonds is 5. The van der Waals surface area contributed by atoms with E-state index >= 15 is 0 Å². The zero-order valence-corrected chi connectivity index (χ0v) is 27.4. The molecule has 0 spiro atoms. The van der Waals surface area contributed by atoms with Crippen LogP contribution in [0.2, 0.25) is 0 Å². The number of aromatic nitrogens is 3. The van der Waals surface area contributed by atoms with Gasteiger partial charge in [0.05, 0.1) is 11.4 Å². The van der Waals surface area contributed by atoms with E-state index in [-0.39, 0.29) is 5.41 Å². The fourth-order valence-electron chi connectivity index (χ4n) is 7.49. The minimum atomic E-state index is -0.117.